The SMILES string of the molecule is SCCCCCOc1ccc(Cl)c2cccnc12. The summed E-state index contributed by atoms with van der Waals surface area (Å²) in [5.41, 5.74) is 0.833. The monoisotopic (exact) mass is 281 g/mol. The van der Waals surface area contributed by atoms with E-state index in [1.165, 1.54) is 0 Å². The van der Waals surface area contributed by atoms with Gasteiger partial charge in [0.2, 0.25) is 0 Å². The molecule has 0 radical (unpaired) electrons. The Hall–Kier alpha value is -0.930. The Morgan fingerprint density at radius 1 is 1.17 bits per heavy atom. The molecule has 0 saturated carbocycles. The van der Waals surface area contributed by atoms with E-state index >= 15 is 0 Å². The molecule has 0 atom stereocenters. The fourth-order valence-corrected chi connectivity index (χ4v) is 2.24. The van der Waals surface area contributed by atoms with Crippen LogP contribution in [-0.4, -0.2) is 17.3 Å². The molecule has 1 aromatic carbocycles. The minimum Gasteiger partial charge on any atom is -0.491 e. The highest BCUT2D eigenvalue weighted by atomic mass is 35.5. The standard InChI is InChI=1S/C14H16ClNOS/c15-12-6-7-13(17-9-2-1-3-10-18)14-11(12)5-4-8-16-14/h4-8,18H,1-3,9-10H2. The van der Waals surface area contributed by atoms with Gasteiger partial charge in [0, 0.05) is 11.6 Å². The molecular weight excluding hydrogens is 266 g/mol. The average molecular weight is 282 g/mol. The number of benzene rings is 1. The van der Waals surface area contributed by atoms with Crippen LogP contribution < -0.4 is 4.74 Å². The molecular formula is C14H16ClNOS. The van der Waals surface area contributed by atoms with Crippen molar-refractivity contribution in [3.8, 4) is 5.75 Å². The normalized spacial score (nSPS) is 10.8. The first-order valence-corrected chi connectivity index (χ1v) is 7.11. The van der Waals surface area contributed by atoms with E-state index in [-0.39, 0.29) is 0 Å². The first kappa shape index (κ1) is 13.5. The minimum atomic E-state index is 0.709. The number of rotatable bonds is 6. The van der Waals surface area contributed by atoms with Gasteiger partial charge in [-0.05, 0) is 49.3 Å². The van der Waals surface area contributed by atoms with Crippen molar-refractivity contribution >= 4 is 35.1 Å². The van der Waals surface area contributed by atoms with E-state index in [0.29, 0.717) is 11.6 Å². The van der Waals surface area contributed by atoms with E-state index in [0.717, 1.165) is 41.7 Å². The van der Waals surface area contributed by atoms with Crippen LogP contribution in [0.25, 0.3) is 10.9 Å². The predicted octanol–water partition coefficient (Wildman–Crippen LogP) is 4.37. The van der Waals surface area contributed by atoms with Gasteiger partial charge in [0.15, 0.2) is 0 Å². The van der Waals surface area contributed by atoms with Crippen LogP contribution >= 0.6 is 24.2 Å². The van der Waals surface area contributed by atoms with E-state index < -0.39 is 0 Å². The van der Waals surface area contributed by atoms with E-state index in [4.69, 9.17) is 16.3 Å². The van der Waals surface area contributed by atoms with Crippen molar-refractivity contribution in [3.05, 3.63) is 35.5 Å². The summed E-state index contributed by atoms with van der Waals surface area (Å²) in [5, 5.41) is 1.65. The molecule has 0 fully saturated rings. The Balaban J connectivity index is 2.07. The molecule has 1 aromatic heterocycles. The maximum absolute atomic E-state index is 6.13. The number of nitrogens with zero attached hydrogens (tertiary/aromatic N) is 1. The molecule has 4 heteroatoms. The number of ether oxygens (including phenoxy) is 1. The molecule has 0 bridgehead atoms. The zero-order chi connectivity index (χ0) is 12.8. The molecule has 96 valence electrons. The molecule has 2 rings (SSSR count). The molecule has 1 heterocycles. The van der Waals surface area contributed by atoms with Gasteiger partial charge >= 0.3 is 0 Å². The number of pyridine rings is 1. The quantitative estimate of drug-likeness (QED) is 0.627. The van der Waals surface area contributed by atoms with Gasteiger partial charge in [-0.3, -0.25) is 4.98 Å². The van der Waals surface area contributed by atoms with Crippen LogP contribution in [0.5, 0.6) is 5.75 Å². The van der Waals surface area contributed by atoms with Crippen molar-refractivity contribution < 1.29 is 4.74 Å². The Kier molecular flexibility index (Phi) is 5.14. The zero-order valence-electron chi connectivity index (χ0n) is 10.1. The van der Waals surface area contributed by atoms with Crippen LogP contribution in [0.15, 0.2) is 30.5 Å². The fourth-order valence-electron chi connectivity index (χ4n) is 1.80. The second-order valence-electron chi connectivity index (χ2n) is 4.08. The topological polar surface area (TPSA) is 22.1 Å². The third kappa shape index (κ3) is 3.30. The second kappa shape index (κ2) is 6.86. The zero-order valence-corrected chi connectivity index (χ0v) is 11.8. The van der Waals surface area contributed by atoms with E-state index in [9.17, 15) is 0 Å². The highest BCUT2D eigenvalue weighted by Crippen LogP contribution is 2.29. The van der Waals surface area contributed by atoms with E-state index in [1.54, 1.807) is 6.20 Å². The molecule has 0 aliphatic heterocycles. The van der Waals surface area contributed by atoms with Gasteiger partial charge < -0.3 is 4.74 Å². The average Bonchev–Trinajstić information content (AvgIpc) is 2.41. The van der Waals surface area contributed by atoms with E-state index in [2.05, 4.69) is 17.6 Å². The number of thiol groups is 1. The van der Waals surface area contributed by atoms with Crippen LogP contribution in [0.3, 0.4) is 0 Å². The summed E-state index contributed by atoms with van der Waals surface area (Å²) in [6.07, 6.45) is 5.07. The van der Waals surface area contributed by atoms with Crippen molar-refractivity contribution in [2.75, 3.05) is 12.4 Å². The summed E-state index contributed by atoms with van der Waals surface area (Å²) in [5.74, 6) is 1.74. The minimum absolute atomic E-state index is 0.709. The first-order valence-electron chi connectivity index (χ1n) is 6.10. The number of fused-ring (bicyclic) bond motifs is 1. The van der Waals surface area contributed by atoms with Crippen LogP contribution in [0.4, 0.5) is 0 Å². The number of aromatic nitrogens is 1. The maximum Gasteiger partial charge on any atom is 0.145 e. The molecule has 0 N–H and O–H groups in total. The predicted molar refractivity (Wildman–Crippen MR) is 80.0 cm³/mol. The van der Waals surface area contributed by atoms with Crippen LogP contribution in [0.1, 0.15) is 19.3 Å². The lowest BCUT2D eigenvalue weighted by Gasteiger charge is -2.09. The number of hydrogen-bond acceptors (Lipinski definition) is 3. The van der Waals surface area contributed by atoms with Crippen molar-refractivity contribution in [3.63, 3.8) is 0 Å². The first-order chi connectivity index (χ1) is 8.83. The Morgan fingerprint density at radius 2 is 2.06 bits per heavy atom. The van der Waals surface area contributed by atoms with Crippen LogP contribution in [0, 0.1) is 0 Å². The molecule has 2 aromatic rings. The van der Waals surface area contributed by atoms with Gasteiger partial charge in [-0.15, -0.1) is 0 Å². The molecule has 2 nitrogen and oxygen atoms in total. The summed E-state index contributed by atoms with van der Waals surface area (Å²) in [6, 6.07) is 7.58. The number of halogens is 1. The highest BCUT2D eigenvalue weighted by molar-refractivity contribution is 7.80. The second-order valence-corrected chi connectivity index (χ2v) is 4.93. The van der Waals surface area contributed by atoms with Gasteiger partial charge in [0.05, 0.1) is 11.6 Å². The van der Waals surface area contributed by atoms with Crippen molar-refractivity contribution in [2.45, 2.75) is 19.3 Å². The summed E-state index contributed by atoms with van der Waals surface area (Å²) in [4.78, 5) is 4.34. The smallest absolute Gasteiger partial charge is 0.145 e. The molecule has 0 unspecified atom stereocenters. The van der Waals surface area contributed by atoms with Gasteiger partial charge in [-0.2, -0.15) is 12.6 Å². The Labute approximate surface area is 118 Å². The van der Waals surface area contributed by atoms with Crippen molar-refractivity contribution in [1.29, 1.82) is 0 Å². The van der Waals surface area contributed by atoms with Gasteiger partial charge in [0.25, 0.3) is 0 Å². The summed E-state index contributed by atoms with van der Waals surface area (Å²) >= 11 is 10.3. The molecule has 18 heavy (non-hydrogen) atoms. The summed E-state index contributed by atoms with van der Waals surface area (Å²) < 4.78 is 5.77. The fraction of sp³-hybridized carbons (Fsp3) is 0.357. The van der Waals surface area contributed by atoms with Crippen LogP contribution in [-0.2, 0) is 0 Å². The van der Waals surface area contributed by atoms with Crippen LogP contribution in [0.2, 0.25) is 5.02 Å². The van der Waals surface area contributed by atoms with E-state index in [1.807, 2.05) is 24.3 Å². The summed E-state index contributed by atoms with van der Waals surface area (Å²) in [6.45, 7) is 0.709. The van der Waals surface area contributed by atoms with Crippen molar-refractivity contribution in [1.82, 2.24) is 4.98 Å². The molecule has 0 amide bonds. The van der Waals surface area contributed by atoms with Gasteiger partial charge in [-0.1, -0.05) is 11.6 Å². The third-order valence-corrected chi connectivity index (χ3v) is 3.39. The number of unbranched alkanes of at least 4 members (excludes halogenated alkanes) is 2. The molecule has 0 saturated heterocycles. The summed E-state index contributed by atoms with van der Waals surface area (Å²) in [7, 11) is 0. The largest absolute Gasteiger partial charge is 0.491 e. The Bertz CT molecular complexity index is 518. The number of hydrogen-bond donors (Lipinski definition) is 1. The molecule has 0 spiro atoms. The third-order valence-electron chi connectivity index (χ3n) is 2.74. The molecule has 0 aliphatic carbocycles. The van der Waals surface area contributed by atoms with Crippen molar-refractivity contribution in [2.24, 2.45) is 0 Å². The van der Waals surface area contributed by atoms with Gasteiger partial charge in [0.1, 0.15) is 11.3 Å². The molecule has 0 aliphatic rings. The van der Waals surface area contributed by atoms with Gasteiger partial charge in [-0.25, -0.2) is 0 Å². The Morgan fingerprint density at radius 3 is 2.89 bits per heavy atom. The highest BCUT2D eigenvalue weighted by Gasteiger charge is 2.06. The lowest BCUT2D eigenvalue weighted by atomic mass is 10.2. The lowest BCUT2D eigenvalue weighted by molar-refractivity contribution is 0.309. The maximum atomic E-state index is 6.13. The lowest BCUT2D eigenvalue weighted by Crippen LogP contribution is -1.98.